The average molecular weight is 292 g/mol. The van der Waals surface area contributed by atoms with Crippen LogP contribution in [-0.4, -0.2) is 37.6 Å². The molecule has 0 bridgehead atoms. The molecule has 0 saturated carbocycles. The van der Waals surface area contributed by atoms with Crippen molar-refractivity contribution in [2.45, 2.75) is 24.3 Å². The lowest BCUT2D eigenvalue weighted by Gasteiger charge is -2.18. The van der Waals surface area contributed by atoms with Crippen molar-refractivity contribution in [3.05, 3.63) is 17.7 Å². The highest BCUT2D eigenvalue weighted by molar-refractivity contribution is 7.89. The van der Waals surface area contributed by atoms with Crippen LogP contribution in [0.4, 0.5) is 0 Å². The van der Waals surface area contributed by atoms with Crippen LogP contribution in [-0.2, 0) is 14.8 Å². The highest BCUT2D eigenvalue weighted by Gasteiger charge is 2.27. The Bertz CT molecular complexity index is 500. The van der Waals surface area contributed by atoms with E-state index in [-0.39, 0.29) is 22.1 Å². The Morgan fingerprint density at radius 2 is 2.17 bits per heavy atom. The second-order valence-corrected chi connectivity index (χ2v) is 6.27. The molecule has 0 aromatic carbocycles. The maximum absolute atomic E-state index is 12.0. The molecule has 1 aromatic heterocycles. The molecule has 1 N–H and O–H groups in total. The fraction of sp³-hybridized carbons (Fsp3) is 0.600. The lowest BCUT2D eigenvalue weighted by Crippen LogP contribution is -2.38. The topological polar surface area (TPSA) is 81.2 Å². The Morgan fingerprint density at radius 1 is 1.50 bits per heavy atom. The van der Waals surface area contributed by atoms with Crippen LogP contribution in [0.3, 0.4) is 0 Å². The summed E-state index contributed by atoms with van der Waals surface area (Å²) < 4.78 is 31.9. The van der Waals surface area contributed by atoms with Gasteiger partial charge in [-0.3, -0.25) is 0 Å². The van der Waals surface area contributed by atoms with Crippen molar-refractivity contribution in [2.75, 3.05) is 13.2 Å². The largest absolute Gasteiger partial charge is 0.381 e. The van der Waals surface area contributed by atoms with Crippen LogP contribution in [0, 0.1) is 5.92 Å². The summed E-state index contributed by atoms with van der Waals surface area (Å²) in [5.74, 6) is 0.202. The minimum Gasteiger partial charge on any atom is -0.381 e. The molecule has 2 unspecified atom stereocenters. The van der Waals surface area contributed by atoms with Crippen LogP contribution in [0.1, 0.15) is 13.3 Å². The first-order valence-corrected chi connectivity index (χ1v) is 7.43. The molecule has 2 atom stereocenters. The van der Waals surface area contributed by atoms with Gasteiger partial charge in [-0.1, -0.05) is 0 Å². The monoisotopic (exact) mass is 291 g/mol. The second kappa shape index (κ2) is 5.48. The summed E-state index contributed by atoms with van der Waals surface area (Å²) in [6, 6.07) is -0.187. The fourth-order valence-corrected chi connectivity index (χ4v) is 3.09. The number of rotatable bonds is 4. The molecule has 2 rings (SSSR count). The summed E-state index contributed by atoms with van der Waals surface area (Å²) in [6.45, 7) is 3.09. The van der Waals surface area contributed by atoms with Gasteiger partial charge in [-0.05, 0) is 24.9 Å². The highest BCUT2D eigenvalue weighted by atomic mass is 35.5. The molecule has 100 valence electrons. The minimum absolute atomic E-state index is 0.0117. The Kier molecular flexibility index (Phi) is 4.16. The number of aromatic nitrogens is 2. The van der Waals surface area contributed by atoms with Crippen molar-refractivity contribution in [1.29, 1.82) is 0 Å². The lowest BCUT2D eigenvalue weighted by molar-refractivity contribution is 0.180. The molecule has 1 aliphatic rings. The van der Waals surface area contributed by atoms with Crippen molar-refractivity contribution < 1.29 is 13.2 Å². The first-order valence-electron chi connectivity index (χ1n) is 5.56. The Hall–Kier alpha value is -0.760. The van der Waals surface area contributed by atoms with Crippen LogP contribution in [0.25, 0.3) is 0 Å². The van der Waals surface area contributed by atoms with Crippen LogP contribution >= 0.6 is 11.6 Å². The average Bonchev–Trinajstić information content (AvgIpc) is 2.82. The summed E-state index contributed by atoms with van der Waals surface area (Å²) in [5.41, 5.74) is 0. The molecule has 6 nitrogen and oxygen atoms in total. The van der Waals surface area contributed by atoms with Gasteiger partial charge in [0.25, 0.3) is 0 Å². The molecule has 0 spiro atoms. The van der Waals surface area contributed by atoms with Gasteiger partial charge >= 0.3 is 0 Å². The molecule has 8 heteroatoms. The summed E-state index contributed by atoms with van der Waals surface area (Å²) in [7, 11) is -3.60. The van der Waals surface area contributed by atoms with E-state index in [0.29, 0.717) is 13.2 Å². The number of hydrogen-bond donors (Lipinski definition) is 1. The van der Waals surface area contributed by atoms with E-state index in [2.05, 4.69) is 14.7 Å². The first kappa shape index (κ1) is 13.7. The molecule has 1 saturated heterocycles. The zero-order chi connectivity index (χ0) is 13.2. The number of nitrogens with zero attached hydrogens (tertiary/aromatic N) is 2. The van der Waals surface area contributed by atoms with Crippen molar-refractivity contribution in [1.82, 2.24) is 14.7 Å². The van der Waals surface area contributed by atoms with Crippen LogP contribution in [0.5, 0.6) is 0 Å². The maximum atomic E-state index is 12.0. The summed E-state index contributed by atoms with van der Waals surface area (Å²) in [4.78, 5) is 7.33. The number of hydrogen-bond acceptors (Lipinski definition) is 5. The molecular weight excluding hydrogens is 278 g/mol. The van der Waals surface area contributed by atoms with Crippen molar-refractivity contribution in [2.24, 2.45) is 5.92 Å². The minimum atomic E-state index is -3.60. The van der Waals surface area contributed by atoms with Crippen molar-refractivity contribution in [3.63, 3.8) is 0 Å². The molecule has 1 fully saturated rings. The van der Waals surface area contributed by atoms with E-state index >= 15 is 0 Å². The maximum Gasteiger partial charge on any atom is 0.243 e. The summed E-state index contributed by atoms with van der Waals surface area (Å²) >= 11 is 5.52. The van der Waals surface area contributed by atoms with E-state index in [1.54, 1.807) is 0 Å². The van der Waals surface area contributed by atoms with E-state index in [9.17, 15) is 8.42 Å². The number of ether oxygens (including phenoxy) is 1. The fourth-order valence-electron chi connectivity index (χ4n) is 1.80. The molecule has 18 heavy (non-hydrogen) atoms. The first-order chi connectivity index (χ1) is 8.49. The molecular formula is C10H14ClN3O3S. The van der Waals surface area contributed by atoms with Gasteiger partial charge in [-0.2, -0.15) is 0 Å². The van der Waals surface area contributed by atoms with E-state index in [1.807, 2.05) is 6.92 Å². The van der Waals surface area contributed by atoms with Crippen molar-refractivity contribution in [3.8, 4) is 0 Å². The summed E-state index contributed by atoms with van der Waals surface area (Å²) in [6.07, 6.45) is 3.24. The molecule has 0 amide bonds. The Labute approximate surface area is 111 Å². The van der Waals surface area contributed by atoms with Crippen molar-refractivity contribution >= 4 is 21.6 Å². The van der Waals surface area contributed by atoms with Gasteiger partial charge in [0.15, 0.2) is 0 Å². The lowest BCUT2D eigenvalue weighted by atomic mass is 10.0. The second-order valence-electron chi connectivity index (χ2n) is 4.22. The quantitative estimate of drug-likeness (QED) is 0.831. The van der Waals surface area contributed by atoms with E-state index in [1.165, 1.54) is 12.4 Å². The van der Waals surface area contributed by atoms with Gasteiger partial charge in [0.1, 0.15) is 4.90 Å². The summed E-state index contributed by atoms with van der Waals surface area (Å²) in [5, 5.41) is 0.0196. The highest BCUT2D eigenvalue weighted by Crippen LogP contribution is 2.18. The van der Waals surface area contributed by atoms with E-state index in [4.69, 9.17) is 16.3 Å². The molecule has 2 heterocycles. The van der Waals surface area contributed by atoms with Gasteiger partial charge < -0.3 is 4.74 Å². The standard InChI is InChI=1S/C10H14ClN3O3S/c1-7(8-2-3-17-6-8)14-18(15,16)9-4-12-10(11)13-5-9/h4-5,7-8,14H,2-3,6H2,1H3. The van der Waals surface area contributed by atoms with E-state index in [0.717, 1.165) is 6.42 Å². The Morgan fingerprint density at radius 3 is 2.72 bits per heavy atom. The van der Waals surface area contributed by atoms with Gasteiger partial charge in [0.05, 0.1) is 19.0 Å². The zero-order valence-electron chi connectivity index (χ0n) is 9.84. The van der Waals surface area contributed by atoms with Crippen LogP contribution < -0.4 is 4.72 Å². The normalized spacial score (nSPS) is 22.0. The molecule has 1 aliphatic heterocycles. The third-order valence-corrected chi connectivity index (χ3v) is 4.63. The van der Waals surface area contributed by atoms with Crippen LogP contribution in [0.2, 0.25) is 5.28 Å². The molecule has 0 radical (unpaired) electrons. The predicted molar refractivity (Wildman–Crippen MR) is 65.8 cm³/mol. The Balaban J connectivity index is 2.09. The van der Waals surface area contributed by atoms with Crippen LogP contribution in [0.15, 0.2) is 17.3 Å². The number of sulfonamides is 1. The smallest absolute Gasteiger partial charge is 0.243 e. The SMILES string of the molecule is CC(NS(=O)(=O)c1cnc(Cl)nc1)C1CCOC1. The third-order valence-electron chi connectivity index (χ3n) is 2.92. The molecule has 1 aromatic rings. The predicted octanol–water partition coefficient (Wildman–Crippen LogP) is 0.833. The number of nitrogens with one attached hydrogen (secondary N) is 1. The van der Waals surface area contributed by atoms with Gasteiger partial charge in [0, 0.05) is 18.6 Å². The third kappa shape index (κ3) is 3.17. The van der Waals surface area contributed by atoms with Gasteiger partial charge in [0.2, 0.25) is 15.3 Å². The molecule has 0 aliphatic carbocycles. The van der Waals surface area contributed by atoms with E-state index < -0.39 is 10.0 Å². The number of halogens is 1. The van der Waals surface area contributed by atoms with Gasteiger partial charge in [-0.15, -0.1) is 0 Å². The zero-order valence-corrected chi connectivity index (χ0v) is 11.4. The van der Waals surface area contributed by atoms with Gasteiger partial charge in [-0.25, -0.2) is 23.1 Å².